The number of carbonyl (C=O) groups excluding carboxylic acids is 1. The Morgan fingerprint density at radius 3 is 2.76 bits per heavy atom. The number of halogens is 1. The maximum absolute atomic E-state index is 13.0. The molecule has 1 aliphatic heterocycles. The fourth-order valence-corrected chi connectivity index (χ4v) is 3.06. The molecule has 128 valence electrons. The summed E-state index contributed by atoms with van der Waals surface area (Å²) in [5, 5.41) is 8.44. The van der Waals surface area contributed by atoms with Gasteiger partial charge in [-0.25, -0.2) is 14.1 Å². The lowest BCUT2D eigenvalue weighted by Gasteiger charge is -2.20. The molecule has 8 heteroatoms. The van der Waals surface area contributed by atoms with Gasteiger partial charge >= 0.3 is 0 Å². The van der Waals surface area contributed by atoms with Crippen LogP contribution in [0.2, 0.25) is 0 Å². The van der Waals surface area contributed by atoms with Crippen LogP contribution >= 0.6 is 0 Å². The van der Waals surface area contributed by atoms with E-state index in [9.17, 15) is 9.18 Å². The first kappa shape index (κ1) is 15.5. The molecule has 1 aliphatic rings. The van der Waals surface area contributed by atoms with Crippen molar-refractivity contribution in [3.8, 4) is 0 Å². The van der Waals surface area contributed by atoms with Gasteiger partial charge in [-0.1, -0.05) is 12.1 Å². The maximum Gasteiger partial charge on any atom is 0.247 e. The molecule has 3 heterocycles. The number of fused-ring (bicyclic) bond motifs is 1. The number of rotatable bonds is 4. The van der Waals surface area contributed by atoms with E-state index < -0.39 is 6.04 Å². The van der Waals surface area contributed by atoms with Gasteiger partial charge in [0.2, 0.25) is 5.91 Å². The van der Waals surface area contributed by atoms with Crippen molar-refractivity contribution >= 4 is 5.91 Å². The molecule has 0 aliphatic carbocycles. The van der Waals surface area contributed by atoms with Crippen LogP contribution in [-0.4, -0.2) is 35.4 Å². The van der Waals surface area contributed by atoms with E-state index in [0.717, 1.165) is 16.8 Å². The van der Waals surface area contributed by atoms with Gasteiger partial charge in [0.25, 0.3) is 0 Å². The van der Waals surface area contributed by atoms with Crippen LogP contribution in [0.5, 0.6) is 0 Å². The lowest BCUT2D eigenvalue weighted by atomic mass is 10.2. The largest absolute Gasteiger partial charge is 0.330 e. The Balaban J connectivity index is 1.49. The Bertz CT molecular complexity index is 887. The summed E-state index contributed by atoms with van der Waals surface area (Å²) in [7, 11) is 0. The fourth-order valence-electron chi connectivity index (χ4n) is 3.06. The first-order valence-electron chi connectivity index (χ1n) is 8.02. The minimum Gasteiger partial charge on any atom is -0.330 e. The monoisotopic (exact) mass is 340 g/mol. The standard InChI is InChI=1S/C17H17FN6O/c1-12(24-11-19-10-21-24)17(25)22-8-14-6-20-23(16(14)9-22)7-13-2-4-15(18)5-3-13/h2-6,10-12H,7-9H2,1H3. The fraction of sp³-hybridized carbons (Fsp3) is 0.294. The topological polar surface area (TPSA) is 68.8 Å². The van der Waals surface area contributed by atoms with Crippen LogP contribution in [-0.2, 0) is 24.4 Å². The van der Waals surface area contributed by atoms with E-state index in [1.54, 1.807) is 34.2 Å². The highest BCUT2D eigenvalue weighted by molar-refractivity contribution is 5.80. The normalized spacial score (nSPS) is 14.6. The van der Waals surface area contributed by atoms with Crippen LogP contribution < -0.4 is 0 Å². The zero-order chi connectivity index (χ0) is 17.4. The van der Waals surface area contributed by atoms with Gasteiger partial charge in [-0.3, -0.25) is 9.48 Å². The van der Waals surface area contributed by atoms with Crippen molar-refractivity contribution in [3.63, 3.8) is 0 Å². The average Bonchev–Trinajstić information content (AvgIpc) is 3.33. The highest BCUT2D eigenvalue weighted by Crippen LogP contribution is 2.25. The summed E-state index contributed by atoms with van der Waals surface area (Å²) in [4.78, 5) is 18.4. The quantitative estimate of drug-likeness (QED) is 0.726. The summed E-state index contributed by atoms with van der Waals surface area (Å²) in [5.74, 6) is -0.261. The van der Waals surface area contributed by atoms with Gasteiger partial charge in [0.1, 0.15) is 24.5 Å². The zero-order valence-corrected chi connectivity index (χ0v) is 13.7. The van der Waals surface area contributed by atoms with Crippen LogP contribution in [0.3, 0.4) is 0 Å². The highest BCUT2D eigenvalue weighted by Gasteiger charge is 2.30. The second-order valence-electron chi connectivity index (χ2n) is 6.15. The maximum atomic E-state index is 13.0. The van der Waals surface area contributed by atoms with Crippen molar-refractivity contribution < 1.29 is 9.18 Å². The van der Waals surface area contributed by atoms with Gasteiger partial charge in [0.15, 0.2) is 0 Å². The SMILES string of the molecule is CC(C(=O)N1Cc2cnn(Cc3ccc(F)cc3)c2C1)n1cncn1. The van der Waals surface area contributed by atoms with E-state index in [1.165, 1.54) is 18.5 Å². The molecule has 1 amide bonds. The molecule has 0 N–H and O–H groups in total. The number of hydrogen-bond acceptors (Lipinski definition) is 4. The van der Waals surface area contributed by atoms with E-state index in [1.807, 2.05) is 11.6 Å². The second kappa shape index (κ2) is 6.12. The van der Waals surface area contributed by atoms with Crippen molar-refractivity contribution in [1.29, 1.82) is 0 Å². The van der Waals surface area contributed by atoms with E-state index in [0.29, 0.717) is 19.6 Å². The third kappa shape index (κ3) is 2.90. The second-order valence-corrected chi connectivity index (χ2v) is 6.15. The number of amides is 1. The van der Waals surface area contributed by atoms with E-state index in [4.69, 9.17) is 0 Å². The lowest BCUT2D eigenvalue weighted by Crippen LogP contribution is -2.33. The van der Waals surface area contributed by atoms with Crippen LogP contribution in [0.15, 0.2) is 43.1 Å². The molecule has 0 radical (unpaired) electrons. The molecule has 0 saturated carbocycles. The first-order chi connectivity index (χ1) is 12.1. The Kier molecular flexibility index (Phi) is 3.79. The summed E-state index contributed by atoms with van der Waals surface area (Å²) >= 11 is 0. The van der Waals surface area contributed by atoms with Gasteiger partial charge in [0, 0.05) is 12.1 Å². The number of hydrogen-bond donors (Lipinski definition) is 0. The van der Waals surface area contributed by atoms with Crippen LogP contribution in [0.25, 0.3) is 0 Å². The van der Waals surface area contributed by atoms with Crippen LogP contribution in [0.4, 0.5) is 4.39 Å². The molecule has 0 bridgehead atoms. The van der Waals surface area contributed by atoms with Crippen molar-refractivity contribution in [1.82, 2.24) is 29.4 Å². The summed E-state index contributed by atoms with van der Waals surface area (Å²) < 4.78 is 16.5. The molecule has 3 aromatic rings. The Labute approximate surface area is 143 Å². The molecule has 2 aromatic heterocycles. The summed E-state index contributed by atoms with van der Waals surface area (Å²) in [5.41, 5.74) is 3.03. The molecule has 4 rings (SSSR count). The minimum absolute atomic E-state index is 0.00460. The van der Waals surface area contributed by atoms with Gasteiger partial charge in [-0.15, -0.1) is 0 Å². The number of nitrogens with zero attached hydrogens (tertiary/aromatic N) is 6. The molecule has 25 heavy (non-hydrogen) atoms. The Hall–Kier alpha value is -3.03. The van der Waals surface area contributed by atoms with E-state index in [-0.39, 0.29) is 11.7 Å². The van der Waals surface area contributed by atoms with Crippen molar-refractivity contribution in [3.05, 3.63) is 65.8 Å². The lowest BCUT2D eigenvalue weighted by molar-refractivity contribution is -0.135. The predicted molar refractivity (Wildman–Crippen MR) is 86.7 cm³/mol. The molecule has 0 spiro atoms. The van der Waals surface area contributed by atoms with Crippen LogP contribution in [0.1, 0.15) is 29.8 Å². The van der Waals surface area contributed by atoms with Gasteiger partial charge in [-0.05, 0) is 24.6 Å². The summed E-state index contributed by atoms with van der Waals surface area (Å²) in [6.07, 6.45) is 4.76. The van der Waals surface area contributed by atoms with Crippen molar-refractivity contribution in [2.75, 3.05) is 0 Å². The smallest absolute Gasteiger partial charge is 0.247 e. The van der Waals surface area contributed by atoms with Gasteiger partial charge in [-0.2, -0.15) is 10.2 Å². The Morgan fingerprint density at radius 2 is 2.04 bits per heavy atom. The van der Waals surface area contributed by atoms with Crippen molar-refractivity contribution in [2.45, 2.75) is 32.6 Å². The van der Waals surface area contributed by atoms with Gasteiger partial charge in [0.05, 0.1) is 25.0 Å². The molecular formula is C17H17FN6O. The third-order valence-corrected chi connectivity index (χ3v) is 4.49. The molecule has 1 atom stereocenters. The van der Waals surface area contributed by atoms with Crippen LogP contribution in [0, 0.1) is 5.82 Å². The molecule has 0 saturated heterocycles. The Morgan fingerprint density at radius 1 is 1.24 bits per heavy atom. The third-order valence-electron chi connectivity index (χ3n) is 4.49. The number of aromatic nitrogens is 5. The zero-order valence-electron chi connectivity index (χ0n) is 13.7. The van der Waals surface area contributed by atoms with E-state index in [2.05, 4.69) is 15.2 Å². The number of carbonyl (C=O) groups is 1. The molecule has 7 nitrogen and oxygen atoms in total. The average molecular weight is 340 g/mol. The van der Waals surface area contributed by atoms with Crippen molar-refractivity contribution in [2.24, 2.45) is 0 Å². The molecule has 1 unspecified atom stereocenters. The molecule has 1 aromatic carbocycles. The number of benzene rings is 1. The predicted octanol–water partition coefficient (Wildman–Crippen LogP) is 1.77. The minimum atomic E-state index is -0.398. The van der Waals surface area contributed by atoms with Gasteiger partial charge < -0.3 is 4.90 Å². The molecular weight excluding hydrogens is 323 g/mol. The first-order valence-corrected chi connectivity index (χ1v) is 8.02. The molecule has 0 fully saturated rings. The summed E-state index contributed by atoms with van der Waals surface area (Å²) in [6.45, 7) is 3.41. The van der Waals surface area contributed by atoms with E-state index >= 15 is 0 Å². The summed E-state index contributed by atoms with van der Waals surface area (Å²) in [6, 6.07) is 5.97. The highest BCUT2D eigenvalue weighted by atomic mass is 19.1.